The summed E-state index contributed by atoms with van der Waals surface area (Å²) in [6.07, 6.45) is -1.70. The average molecular weight is 192 g/mol. The van der Waals surface area contributed by atoms with Crippen LogP contribution in [0.5, 0.6) is 0 Å². The summed E-state index contributed by atoms with van der Waals surface area (Å²) in [6.45, 7) is -2.24. The van der Waals surface area contributed by atoms with Gasteiger partial charge < -0.3 is 0 Å². The third kappa shape index (κ3) is 7.59. The molecule has 1 atom stereocenters. The van der Waals surface area contributed by atoms with E-state index in [4.69, 9.17) is 4.55 Å². The summed E-state index contributed by atoms with van der Waals surface area (Å²) >= 11 is 0. The molecule has 0 aromatic carbocycles. The van der Waals surface area contributed by atoms with Crippen LogP contribution in [0.25, 0.3) is 0 Å². The van der Waals surface area contributed by atoms with E-state index in [1.54, 1.807) is 0 Å². The number of hydrogen-bond donors (Lipinski definition) is 1. The molecule has 68 valence electrons. The standard InChI is InChI=1S/C3H6F2O5S/c1-2(9-3(4)5)10-11(6,7)8/h2-3H,1H3,(H,6,7,8). The van der Waals surface area contributed by atoms with E-state index in [2.05, 4.69) is 8.92 Å². The molecule has 0 fully saturated rings. The Morgan fingerprint density at radius 1 is 1.45 bits per heavy atom. The second kappa shape index (κ2) is 3.90. The molecule has 0 aliphatic carbocycles. The highest BCUT2D eigenvalue weighted by Crippen LogP contribution is 2.04. The first-order valence-corrected chi connectivity index (χ1v) is 3.77. The highest BCUT2D eigenvalue weighted by molar-refractivity contribution is 7.80. The molecule has 0 spiro atoms. The minimum Gasteiger partial charge on any atom is -0.292 e. The van der Waals surface area contributed by atoms with Gasteiger partial charge in [0.15, 0.2) is 6.29 Å². The van der Waals surface area contributed by atoms with Gasteiger partial charge in [-0.25, -0.2) is 4.18 Å². The first kappa shape index (κ1) is 10.7. The molecule has 0 saturated carbocycles. The van der Waals surface area contributed by atoms with E-state index in [1.165, 1.54) is 0 Å². The van der Waals surface area contributed by atoms with E-state index in [0.717, 1.165) is 6.92 Å². The van der Waals surface area contributed by atoms with Crippen molar-refractivity contribution in [2.75, 3.05) is 0 Å². The zero-order valence-corrected chi connectivity index (χ0v) is 6.22. The van der Waals surface area contributed by atoms with Gasteiger partial charge >= 0.3 is 17.0 Å². The van der Waals surface area contributed by atoms with Gasteiger partial charge in [0.2, 0.25) is 0 Å². The molecule has 1 unspecified atom stereocenters. The number of alkyl halides is 2. The summed E-state index contributed by atoms with van der Waals surface area (Å²) in [4.78, 5) is 0. The molecule has 0 rings (SSSR count). The predicted molar refractivity (Wildman–Crippen MR) is 29.2 cm³/mol. The summed E-state index contributed by atoms with van der Waals surface area (Å²) < 4.78 is 57.3. The lowest BCUT2D eigenvalue weighted by atomic mass is 10.8. The Morgan fingerprint density at radius 3 is 2.18 bits per heavy atom. The molecule has 0 bridgehead atoms. The van der Waals surface area contributed by atoms with E-state index >= 15 is 0 Å². The fourth-order valence-electron chi connectivity index (χ4n) is 0.339. The molecule has 0 aliphatic rings. The van der Waals surface area contributed by atoms with Gasteiger partial charge in [0.05, 0.1) is 0 Å². The van der Waals surface area contributed by atoms with Gasteiger partial charge in [-0.05, 0) is 6.92 Å². The lowest BCUT2D eigenvalue weighted by Crippen LogP contribution is -2.20. The van der Waals surface area contributed by atoms with Crippen LogP contribution in [-0.2, 0) is 19.3 Å². The van der Waals surface area contributed by atoms with Crippen LogP contribution >= 0.6 is 0 Å². The molecule has 5 nitrogen and oxygen atoms in total. The van der Waals surface area contributed by atoms with Crippen molar-refractivity contribution in [2.24, 2.45) is 0 Å². The Balaban J connectivity index is 3.80. The van der Waals surface area contributed by atoms with E-state index in [0.29, 0.717) is 0 Å². The first-order valence-electron chi connectivity index (χ1n) is 2.40. The quantitative estimate of drug-likeness (QED) is 0.515. The molecule has 0 saturated heterocycles. The van der Waals surface area contributed by atoms with E-state index in [1.807, 2.05) is 0 Å². The Bertz CT molecular complexity index is 200. The SMILES string of the molecule is CC(OC(F)F)OS(=O)(=O)O. The molecule has 8 heteroatoms. The maximum Gasteiger partial charge on any atom is 0.399 e. The van der Waals surface area contributed by atoms with Crippen molar-refractivity contribution < 1.29 is 30.7 Å². The van der Waals surface area contributed by atoms with Crippen LogP contribution in [0.2, 0.25) is 0 Å². The zero-order chi connectivity index (χ0) is 9.07. The minimum absolute atomic E-state index is 0.903. The zero-order valence-electron chi connectivity index (χ0n) is 5.40. The van der Waals surface area contributed by atoms with Crippen molar-refractivity contribution in [3.05, 3.63) is 0 Å². The molecule has 0 radical (unpaired) electrons. The Labute approximate surface area is 61.9 Å². The predicted octanol–water partition coefficient (Wildman–Crippen LogP) is 0.391. The third-order valence-corrected chi connectivity index (χ3v) is 1.07. The van der Waals surface area contributed by atoms with E-state index in [-0.39, 0.29) is 0 Å². The van der Waals surface area contributed by atoms with Crippen LogP contribution in [0, 0.1) is 0 Å². The van der Waals surface area contributed by atoms with Crippen LogP contribution < -0.4 is 0 Å². The molecule has 1 N–H and O–H groups in total. The Morgan fingerprint density at radius 2 is 1.91 bits per heavy atom. The van der Waals surface area contributed by atoms with Crippen molar-refractivity contribution in [1.29, 1.82) is 0 Å². The third-order valence-electron chi connectivity index (χ3n) is 0.552. The fraction of sp³-hybridized carbons (Fsp3) is 1.00. The molecular weight excluding hydrogens is 186 g/mol. The highest BCUT2D eigenvalue weighted by Gasteiger charge is 2.16. The van der Waals surface area contributed by atoms with Crippen LogP contribution in [-0.4, -0.2) is 25.9 Å². The topological polar surface area (TPSA) is 72.8 Å². The summed E-state index contributed by atoms with van der Waals surface area (Å²) in [5.41, 5.74) is 0. The van der Waals surface area contributed by atoms with Crippen molar-refractivity contribution in [3.63, 3.8) is 0 Å². The van der Waals surface area contributed by atoms with Gasteiger partial charge in [-0.2, -0.15) is 17.2 Å². The maximum absolute atomic E-state index is 11.3. The second-order valence-corrected chi connectivity index (χ2v) is 2.54. The largest absolute Gasteiger partial charge is 0.399 e. The van der Waals surface area contributed by atoms with Crippen LogP contribution in [0.3, 0.4) is 0 Å². The van der Waals surface area contributed by atoms with Gasteiger partial charge in [-0.1, -0.05) is 0 Å². The molecule has 0 aromatic heterocycles. The average Bonchev–Trinajstić information content (AvgIpc) is 1.53. The summed E-state index contributed by atoms with van der Waals surface area (Å²) in [5, 5.41) is 0. The Hall–Kier alpha value is -0.310. The summed E-state index contributed by atoms with van der Waals surface area (Å²) in [7, 11) is -4.73. The fourth-order valence-corrected chi connectivity index (χ4v) is 0.727. The second-order valence-electron chi connectivity index (χ2n) is 1.49. The number of hydrogen-bond acceptors (Lipinski definition) is 4. The minimum atomic E-state index is -4.73. The molecule has 0 aromatic rings. The van der Waals surface area contributed by atoms with Crippen molar-refractivity contribution in [3.8, 4) is 0 Å². The lowest BCUT2D eigenvalue weighted by Gasteiger charge is -2.09. The van der Waals surface area contributed by atoms with Gasteiger partial charge in [-0.15, -0.1) is 0 Å². The number of rotatable bonds is 4. The van der Waals surface area contributed by atoms with Crippen molar-refractivity contribution in [2.45, 2.75) is 19.8 Å². The number of halogens is 2. The van der Waals surface area contributed by atoms with Crippen LogP contribution in [0.1, 0.15) is 6.92 Å². The molecule has 0 aliphatic heterocycles. The van der Waals surface area contributed by atoms with Gasteiger partial charge in [0.25, 0.3) is 0 Å². The molecule has 0 amide bonds. The maximum atomic E-state index is 11.3. The number of ether oxygens (including phenoxy) is 1. The van der Waals surface area contributed by atoms with Gasteiger partial charge in [-0.3, -0.25) is 9.29 Å². The normalized spacial score (nSPS) is 15.4. The van der Waals surface area contributed by atoms with Gasteiger partial charge in [0, 0.05) is 0 Å². The Kier molecular flexibility index (Phi) is 3.79. The van der Waals surface area contributed by atoms with Crippen LogP contribution in [0.15, 0.2) is 0 Å². The summed E-state index contributed by atoms with van der Waals surface area (Å²) in [5.74, 6) is 0. The smallest absolute Gasteiger partial charge is 0.292 e. The van der Waals surface area contributed by atoms with E-state index in [9.17, 15) is 17.2 Å². The molecular formula is C3H6F2O5S. The van der Waals surface area contributed by atoms with Crippen molar-refractivity contribution >= 4 is 10.4 Å². The molecule has 11 heavy (non-hydrogen) atoms. The first-order chi connectivity index (χ1) is 4.81. The monoisotopic (exact) mass is 192 g/mol. The van der Waals surface area contributed by atoms with Crippen LogP contribution in [0.4, 0.5) is 8.78 Å². The highest BCUT2D eigenvalue weighted by atomic mass is 32.3. The van der Waals surface area contributed by atoms with Crippen molar-refractivity contribution in [1.82, 2.24) is 0 Å². The lowest BCUT2D eigenvalue weighted by molar-refractivity contribution is -0.210. The molecule has 0 heterocycles. The van der Waals surface area contributed by atoms with Gasteiger partial charge in [0.1, 0.15) is 0 Å². The summed E-state index contributed by atoms with van der Waals surface area (Å²) in [6, 6.07) is 0. The van der Waals surface area contributed by atoms with E-state index < -0.39 is 23.3 Å².